The standard InChI is InChI=1S/C36H46N2O5/c1-8-10-19-37(9-2)27-15-14-25(30(22-27)36(39)40)21-26-23-38(20-18-24(3)4)31-13-11-12-28(33(26)31)29-16-17-32(41-5)35(43-7)34(29)42-6/h11-17,22-24H,8-10,18-21H2,1-7H3,(H,39,40). The van der Waals surface area contributed by atoms with Gasteiger partial charge in [0, 0.05) is 54.4 Å². The molecular weight excluding hydrogens is 540 g/mol. The molecule has 4 aromatic rings. The third kappa shape index (κ3) is 6.76. The van der Waals surface area contributed by atoms with Crippen LogP contribution in [0.3, 0.4) is 0 Å². The van der Waals surface area contributed by atoms with E-state index in [2.05, 4.69) is 67.6 Å². The van der Waals surface area contributed by atoms with Crippen LogP contribution in [0.25, 0.3) is 22.0 Å². The third-order valence-corrected chi connectivity index (χ3v) is 8.16. The number of nitrogens with zero attached hydrogens (tertiary/aromatic N) is 2. The Morgan fingerprint density at radius 3 is 2.33 bits per heavy atom. The van der Waals surface area contributed by atoms with Gasteiger partial charge in [0.15, 0.2) is 11.5 Å². The van der Waals surface area contributed by atoms with Gasteiger partial charge in [-0.2, -0.15) is 0 Å². The Labute approximate surface area is 256 Å². The first-order valence-corrected chi connectivity index (χ1v) is 15.3. The summed E-state index contributed by atoms with van der Waals surface area (Å²) in [6.45, 7) is 11.3. The number of carbonyl (C=O) groups is 1. The van der Waals surface area contributed by atoms with Gasteiger partial charge in [-0.05, 0) is 72.7 Å². The fourth-order valence-corrected chi connectivity index (χ4v) is 5.83. The van der Waals surface area contributed by atoms with Crippen molar-refractivity contribution in [2.24, 2.45) is 5.92 Å². The Balaban J connectivity index is 1.91. The predicted molar refractivity (Wildman–Crippen MR) is 175 cm³/mol. The molecule has 4 rings (SSSR count). The van der Waals surface area contributed by atoms with Crippen LogP contribution >= 0.6 is 0 Å². The number of carboxylic acids is 1. The van der Waals surface area contributed by atoms with E-state index in [0.717, 1.165) is 77.7 Å². The van der Waals surface area contributed by atoms with Crippen molar-refractivity contribution in [2.45, 2.75) is 59.9 Å². The van der Waals surface area contributed by atoms with E-state index < -0.39 is 5.97 Å². The summed E-state index contributed by atoms with van der Waals surface area (Å²) in [6, 6.07) is 16.1. The van der Waals surface area contributed by atoms with E-state index in [9.17, 15) is 9.90 Å². The number of rotatable bonds is 15. The average Bonchev–Trinajstić information content (AvgIpc) is 3.37. The number of carboxylic acid groups (broad SMARTS) is 1. The maximum atomic E-state index is 12.6. The molecule has 0 spiro atoms. The van der Waals surface area contributed by atoms with Gasteiger partial charge in [0.1, 0.15) is 0 Å². The Kier molecular flexibility index (Phi) is 10.6. The number of methoxy groups -OCH3 is 3. The number of aromatic carboxylic acids is 1. The molecule has 7 heteroatoms. The molecular formula is C36H46N2O5. The first kappa shape index (κ1) is 31.8. The van der Waals surface area contributed by atoms with Gasteiger partial charge < -0.3 is 28.8 Å². The molecule has 1 N–H and O–H groups in total. The summed E-state index contributed by atoms with van der Waals surface area (Å²) in [5.41, 5.74) is 6.15. The zero-order chi connectivity index (χ0) is 31.1. The molecule has 0 aliphatic carbocycles. The van der Waals surface area contributed by atoms with Gasteiger partial charge in [0.2, 0.25) is 5.75 Å². The van der Waals surface area contributed by atoms with Crippen molar-refractivity contribution < 1.29 is 24.1 Å². The van der Waals surface area contributed by atoms with E-state index in [0.29, 0.717) is 35.2 Å². The second-order valence-electron chi connectivity index (χ2n) is 11.4. The van der Waals surface area contributed by atoms with Crippen LogP contribution < -0.4 is 19.1 Å². The Hall–Kier alpha value is -4.13. The SMILES string of the molecule is CCCCN(CC)c1ccc(Cc2cn(CCC(C)C)c3cccc(-c4ccc(OC)c(OC)c4OC)c23)c(C(=O)O)c1. The van der Waals surface area contributed by atoms with E-state index >= 15 is 0 Å². The smallest absolute Gasteiger partial charge is 0.336 e. The molecule has 0 atom stereocenters. The van der Waals surface area contributed by atoms with Crippen molar-refractivity contribution in [3.05, 3.63) is 71.4 Å². The number of aryl methyl sites for hydroxylation is 1. The molecule has 230 valence electrons. The second kappa shape index (κ2) is 14.4. The van der Waals surface area contributed by atoms with Gasteiger partial charge >= 0.3 is 5.97 Å². The van der Waals surface area contributed by atoms with Gasteiger partial charge in [-0.1, -0.05) is 45.4 Å². The van der Waals surface area contributed by atoms with Gasteiger partial charge in [0.05, 0.1) is 26.9 Å². The van der Waals surface area contributed by atoms with Gasteiger partial charge in [0.25, 0.3) is 0 Å². The lowest BCUT2D eigenvalue weighted by molar-refractivity contribution is 0.0696. The van der Waals surface area contributed by atoms with Crippen molar-refractivity contribution in [3.8, 4) is 28.4 Å². The molecule has 0 unspecified atom stereocenters. The molecule has 43 heavy (non-hydrogen) atoms. The van der Waals surface area contributed by atoms with Crippen LogP contribution in [-0.4, -0.2) is 50.1 Å². The predicted octanol–water partition coefficient (Wildman–Crippen LogP) is 8.30. The van der Waals surface area contributed by atoms with Crippen LogP contribution in [0, 0.1) is 5.92 Å². The molecule has 7 nitrogen and oxygen atoms in total. The topological polar surface area (TPSA) is 73.2 Å². The highest BCUT2D eigenvalue weighted by atomic mass is 16.5. The minimum absolute atomic E-state index is 0.344. The summed E-state index contributed by atoms with van der Waals surface area (Å²) in [5, 5.41) is 11.4. The highest BCUT2D eigenvalue weighted by molar-refractivity contribution is 6.00. The molecule has 0 fully saturated rings. The zero-order valence-corrected chi connectivity index (χ0v) is 26.7. The second-order valence-corrected chi connectivity index (χ2v) is 11.4. The summed E-state index contributed by atoms with van der Waals surface area (Å²) in [4.78, 5) is 14.8. The van der Waals surface area contributed by atoms with E-state index in [1.165, 1.54) is 0 Å². The number of aromatic nitrogens is 1. The first-order chi connectivity index (χ1) is 20.8. The molecule has 0 saturated carbocycles. The third-order valence-electron chi connectivity index (χ3n) is 8.16. The van der Waals surface area contributed by atoms with Crippen LogP contribution in [0.4, 0.5) is 5.69 Å². The first-order valence-electron chi connectivity index (χ1n) is 15.3. The summed E-state index contributed by atoms with van der Waals surface area (Å²) in [5.74, 6) is 1.37. The molecule has 0 saturated heterocycles. The Morgan fingerprint density at radius 1 is 0.930 bits per heavy atom. The van der Waals surface area contributed by atoms with Crippen LogP contribution in [0.15, 0.2) is 54.7 Å². The fraction of sp³-hybridized carbons (Fsp3) is 0.417. The highest BCUT2D eigenvalue weighted by Crippen LogP contribution is 2.46. The van der Waals surface area contributed by atoms with Crippen molar-refractivity contribution in [2.75, 3.05) is 39.3 Å². The van der Waals surface area contributed by atoms with Gasteiger partial charge in [-0.25, -0.2) is 4.79 Å². The molecule has 0 radical (unpaired) electrons. The monoisotopic (exact) mass is 586 g/mol. The maximum Gasteiger partial charge on any atom is 0.336 e. The average molecular weight is 587 g/mol. The summed E-state index contributed by atoms with van der Waals surface area (Å²) in [7, 11) is 4.85. The molecule has 1 heterocycles. The number of anilines is 1. The normalized spacial score (nSPS) is 11.3. The molecule has 3 aromatic carbocycles. The van der Waals surface area contributed by atoms with E-state index in [1.54, 1.807) is 21.3 Å². The maximum absolute atomic E-state index is 12.6. The number of hydrogen-bond donors (Lipinski definition) is 1. The van der Waals surface area contributed by atoms with E-state index in [1.807, 2.05) is 24.3 Å². The van der Waals surface area contributed by atoms with Crippen LogP contribution in [-0.2, 0) is 13.0 Å². The molecule has 0 bridgehead atoms. The molecule has 1 aromatic heterocycles. The molecule has 0 aliphatic heterocycles. The molecule has 0 amide bonds. The van der Waals surface area contributed by atoms with Gasteiger partial charge in [-0.3, -0.25) is 0 Å². The van der Waals surface area contributed by atoms with E-state index in [-0.39, 0.29) is 0 Å². The number of ether oxygens (including phenoxy) is 3. The summed E-state index contributed by atoms with van der Waals surface area (Å²) in [6.07, 6.45) is 5.88. The Bertz CT molecular complexity index is 1560. The van der Waals surface area contributed by atoms with Crippen molar-refractivity contribution in [1.29, 1.82) is 0 Å². The van der Waals surface area contributed by atoms with Crippen molar-refractivity contribution in [1.82, 2.24) is 4.57 Å². The number of hydrogen-bond acceptors (Lipinski definition) is 5. The van der Waals surface area contributed by atoms with Crippen LogP contribution in [0.5, 0.6) is 17.2 Å². The number of fused-ring (bicyclic) bond motifs is 1. The van der Waals surface area contributed by atoms with Crippen molar-refractivity contribution >= 4 is 22.6 Å². The number of unbranched alkanes of at least 4 members (excludes halogenated alkanes) is 1. The number of benzene rings is 3. The lowest BCUT2D eigenvalue weighted by atomic mass is 9.93. The minimum atomic E-state index is -0.909. The highest BCUT2D eigenvalue weighted by Gasteiger charge is 2.22. The summed E-state index contributed by atoms with van der Waals surface area (Å²) < 4.78 is 19.4. The largest absolute Gasteiger partial charge is 0.493 e. The fourth-order valence-electron chi connectivity index (χ4n) is 5.83. The zero-order valence-electron chi connectivity index (χ0n) is 26.7. The lowest BCUT2D eigenvalue weighted by Crippen LogP contribution is -2.24. The van der Waals surface area contributed by atoms with Crippen molar-refractivity contribution in [3.63, 3.8) is 0 Å². The van der Waals surface area contributed by atoms with Crippen LogP contribution in [0.2, 0.25) is 0 Å². The lowest BCUT2D eigenvalue weighted by Gasteiger charge is -2.24. The molecule has 0 aliphatic rings. The minimum Gasteiger partial charge on any atom is -0.493 e. The Morgan fingerprint density at radius 2 is 1.70 bits per heavy atom. The quantitative estimate of drug-likeness (QED) is 0.151. The van der Waals surface area contributed by atoms with Crippen LogP contribution in [0.1, 0.15) is 68.4 Å². The van der Waals surface area contributed by atoms with E-state index in [4.69, 9.17) is 14.2 Å². The van der Waals surface area contributed by atoms with Gasteiger partial charge in [-0.15, -0.1) is 0 Å². The summed E-state index contributed by atoms with van der Waals surface area (Å²) >= 11 is 0.